The number of hydroxylamine groups is 1. The third-order valence-corrected chi connectivity index (χ3v) is 6.90. The molecule has 2 heterocycles. The number of imide groups is 1. The quantitative estimate of drug-likeness (QED) is 0.232. The molecule has 8 nitrogen and oxygen atoms in total. The number of anilines is 2. The fourth-order valence-corrected chi connectivity index (χ4v) is 5.09. The van der Waals surface area contributed by atoms with E-state index in [-0.39, 0.29) is 11.8 Å². The van der Waals surface area contributed by atoms with Gasteiger partial charge < -0.3 is 14.2 Å². The van der Waals surface area contributed by atoms with Crippen molar-refractivity contribution < 1.29 is 28.6 Å². The van der Waals surface area contributed by atoms with Crippen molar-refractivity contribution >= 4 is 23.2 Å². The highest BCUT2D eigenvalue weighted by molar-refractivity contribution is 6.23. The maximum Gasteiger partial charge on any atom is 0.266 e. The molecule has 3 atom stereocenters. The molecule has 3 aromatic carbocycles. The second-order valence-electron chi connectivity index (χ2n) is 9.44. The summed E-state index contributed by atoms with van der Waals surface area (Å²) in [5.74, 6) is 0.490. The van der Waals surface area contributed by atoms with Crippen LogP contribution in [-0.4, -0.2) is 37.7 Å². The number of nitrogens with zero attached hydrogens (tertiary/aromatic N) is 2. The van der Waals surface area contributed by atoms with Crippen LogP contribution >= 0.6 is 0 Å². The zero-order valence-corrected chi connectivity index (χ0v) is 22.5. The summed E-state index contributed by atoms with van der Waals surface area (Å²) in [6.07, 6.45) is 1.01. The Morgan fingerprint density at radius 1 is 0.769 bits per heavy atom. The Hall–Kier alpha value is -4.04. The van der Waals surface area contributed by atoms with E-state index < -0.39 is 18.1 Å². The highest BCUT2D eigenvalue weighted by Gasteiger charge is 2.60. The molecule has 2 saturated heterocycles. The van der Waals surface area contributed by atoms with Gasteiger partial charge in [-0.1, -0.05) is 37.6 Å². The standard InChI is InChI=1S/C31H34N2O6/c1-4-7-19-38-25-18-13-21(20-26(25)37-6-3)28-27-29(39-33(28)23-11-9-8-10-12-23)31(35)32(30(27)34)22-14-16-24(17-15-22)36-5-2/h8-18,20,27-29H,4-7,19H2,1-3H3/t27-,28+,29-/m0/s1. The lowest BCUT2D eigenvalue weighted by atomic mass is 9.90. The van der Waals surface area contributed by atoms with E-state index in [1.165, 1.54) is 4.90 Å². The van der Waals surface area contributed by atoms with Crippen molar-refractivity contribution in [1.82, 2.24) is 0 Å². The van der Waals surface area contributed by atoms with Crippen LogP contribution in [-0.2, 0) is 14.4 Å². The summed E-state index contributed by atoms with van der Waals surface area (Å²) in [6, 6.07) is 21.6. The summed E-state index contributed by atoms with van der Waals surface area (Å²) in [5, 5.41) is 1.68. The van der Waals surface area contributed by atoms with Crippen LogP contribution < -0.4 is 24.2 Å². The minimum Gasteiger partial charge on any atom is -0.494 e. The van der Waals surface area contributed by atoms with Gasteiger partial charge in [-0.3, -0.25) is 14.4 Å². The number of carbonyl (C=O) groups is 2. The van der Waals surface area contributed by atoms with E-state index in [0.29, 0.717) is 42.8 Å². The van der Waals surface area contributed by atoms with Crippen molar-refractivity contribution in [2.24, 2.45) is 5.92 Å². The molecule has 5 rings (SSSR count). The van der Waals surface area contributed by atoms with Crippen molar-refractivity contribution in [2.45, 2.75) is 45.8 Å². The molecular formula is C31H34N2O6. The number of hydrogen-bond donors (Lipinski definition) is 0. The first-order valence-corrected chi connectivity index (χ1v) is 13.6. The zero-order valence-electron chi connectivity index (χ0n) is 22.5. The molecular weight excluding hydrogens is 496 g/mol. The van der Waals surface area contributed by atoms with Crippen LogP contribution in [0.3, 0.4) is 0 Å². The molecule has 2 amide bonds. The van der Waals surface area contributed by atoms with Gasteiger partial charge in [-0.2, -0.15) is 0 Å². The minimum atomic E-state index is -0.953. The number of para-hydroxylation sites is 1. The van der Waals surface area contributed by atoms with E-state index in [9.17, 15) is 9.59 Å². The summed E-state index contributed by atoms with van der Waals surface area (Å²) >= 11 is 0. The van der Waals surface area contributed by atoms with Gasteiger partial charge in [0.25, 0.3) is 5.91 Å². The van der Waals surface area contributed by atoms with Crippen molar-refractivity contribution in [3.63, 3.8) is 0 Å². The number of rotatable bonds is 11. The second-order valence-corrected chi connectivity index (χ2v) is 9.44. The molecule has 0 unspecified atom stereocenters. The van der Waals surface area contributed by atoms with E-state index in [1.807, 2.05) is 62.4 Å². The first-order valence-electron chi connectivity index (χ1n) is 13.6. The zero-order chi connectivity index (χ0) is 27.4. The second kappa shape index (κ2) is 11.8. The Labute approximate surface area is 229 Å². The predicted octanol–water partition coefficient (Wildman–Crippen LogP) is 5.71. The molecule has 8 heteroatoms. The van der Waals surface area contributed by atoms with Crippen LogP contribution in [0.4, 0.5) is 11.4 Å². The van der Waals surface area contributed by atoms with E-state index in [2.05, 4.69) is 6.92 Å². The molecule has 204 valence electrons. The van der Waals surface area contributed by atoms with Crippen LogP contribution in [0.5, 0.6) is 17.2 Å². The highest BCUT2D eigenvalue weighted by Crippen LogP contribution is 2.48. The molecule has 39 heavy (non-hydrogen) atoms. The topological polar surface area (TPSA) is 77.5 Å². The smallest absolute Gasteiger partial charge is 0.266 e. The van der Waals surface area contributed by atoms with E-state index >= 15 is 0 Å². The average molecular weight is 531 g/mol. The van der Waals surface area contributed by atoms with Gasteiger partial charge in [-0.05, 0) is 74.4 Å². The lowest BCUT2D eigenvalue weighted by Gasteiger charge is -2.29. The van der Waals surface area contributed by atoms with Crippen LogP contribution in [0, 0.1) is 5.92 Å². The first-order chi connectivity index (χ1) is 19.1. The molecule has 2 fully saturated rings. The van der Waals surface area contributed by atoms with Crippen LogP contribution in [0.2, 0.25) is 0 Å². The lowest BCUT2D eigenvalue weighted by Crippen LogP contribution is -2.37. The van der Waals surface area contributed by atoms with Crippen molar-refractivity contribution in [2.75, 3.05) is 29.8 Å². The Bertz CT molecular complexity index is 1300. The molecule has 2 aliphatic heterocycles. The van der Waals surface area contributed by atoms with Crippen molar-refractivity contribution in [1.29, 1.82) is 0 Å². The molecule has 0 bridgehead atoms. The van der Waals surface area contributed by atoms with Gasteiger partial charge in [-0.15, -0.1) is 0 Å². The number of hydrogen-bond acceptors (Lipinski definition) is 7. The maximum atomic E-state index is 13.9. The van der Waals surface area contributed by atoms with Gasteiger partial charge in [0.15, 0.2) is 17.6 Å². The molecule has 0 saturated carbocycles. The minimum absolute atomic E-state index is 0.307. The lowest BCUT2D eigenvalue weighted by molar-refractivity contribution is -0.126. The van der Waals surface area contributed by atoms with Gasteiger partial charge in [-0.25, -0.2) is 9.96 Å². The number of benzene rings is 3. The normalized spacial score (nSPS) is 20.3. The molecule has 3 aromatic rings. The molecule has 0 aliphatic carbocycles. The largest absolute Gasteiger partial charge is 0.494 e. The Morgan fingerprint density at radius 2 is 1.51 bits per heavy atom. The fourth-order valence-electron chi connectivity index (χ4n) is 5.09. The van der Waals surface area contributed by atoms with Gasteiger partial charge >= 0.3 is 0 Å². The van der Waals surface area contributed by atoms with Gasteiger partial charge in [0, 0.05) is 0 Å². The average Bonchev–Trinajstić information content (AvgIpc) is 3.46. The van der Waals surface area contributed by atoms with Crippen LogP contribution in [0.1, 0.15) is 45.2 Å². The maximum absolute atomic E-state index is 13.9. The van der Waals surface area contributed by atoms with Gasteiger partial charge in [0.05, 0.1) is 37.2 Å². The Kier molecular flexibility index (Phi) is 8.02. The summed E-state index contributed by atoms with van der Waals surface area (Å²) in [7, 11) is 0. The summed E-state index contributed by atoms with van der Waals surface area (Å²) in [4.78, 5) is 35.0. The monoisotopic (exact) mass is 530 g/mol. The number of unbranched alkanes of at least 4 members (excludes halogenated alkanes) is 1. The van der Waals surface area contributed by atoms with Crippen molar-refractivity contribution in [3.8, 4) is 17.2 Å². The van der Waals surface area contributed by atoms with Gasteiger partial charge in [0.1, 0.15) is 11.7 Å². The van der Waals surface area contributed by atoms with Crippen LogP contribution in [0.25, 0.3) is 0 Å². The SMILES string of the molecule is CCCCOc1ccc([C@@H]2[C@@H]3C(=O)N(c4ccc(OCC)cc4)C(=O)[C@H]3ON2c2ccccc2)cc1OCC. The number of ether oxygens (including phenoxy) is 3. The number of fused-ring (bicyclic) bond motifs is 1. The number of amides is 2. The molecule has 0 radical (unpaired) electrons. The fraction of sp³-hybridized carbons (Fsp3) is 0.355. The third kappa shape index (κ3) is 5.16. The Balaban J connectivity index is 1.52. The molecule has 0 spiro atoms. The molecule has 0 N–H and O–H groups in total. The van der Waals surface area contributed by atoms with Crippen molar-refractivity contribution in [3.05, 3.63) is 78.4 Å². The van der Waals surface area contributed by atoms with E-state index in [0.717, 1.165) is 24.1 Å². The first kappa shape index (κ1) is 26.6. The number of carbonyl (C=O) groups excluding carboxylic acids is 2. The summed E-state index contributed by atoms with van der Waals surface area (Å²) < 4.78 is 17.4. The van der Waals surface area contributed by atoms with Gasteiger partial charge in [0.2, 0.25) is 5.91 Å². The Morgan fingerprint density at radius 3 is 2.21 bits per heavy atom. The third-order valence-electron chi connectivity index (χ3n) is 6.90. The van der Waals surface area contributed by atoms with Crippen LogP contribution in [0.15, 0.2) is 72.8 Å². The molecule has 2 aliphatic rings. The van der Waals surface area contributed by atoms with E-state index in [4.69, 9.17) is 19.0 Å². The summed E-state index contributed by atoms with van der Waals surface area (Å²) in [6.45, 7) is 7.52. The highest BCUT2D eigenvalue weighted by atomic mass is 16.7. The summed E-state index contributed by atoms with van der Waals surface area (Å²) in [5.41, 5.74) is 2.05. The predicted molar refractivity (Wildman–Crippen MR) is 148 cm³/mol. The van der Waals surface area contributed by atoms with E-state index in [1.54, 1.807) is 29.3 Å². The molecule has 0 aromatic heterocycles.